The Morgan fingerprint density at radius 3 is 0.959 bits per heavy atom. The van der Waals surface area contributed by atoms with Crippen molar-refractivity contribution in [3.05, 3.63) is 0 Å². The molecule has 7 heterocycles. The second-order valence-electron chi connectivity index (χ2n) is 30.1. The van der Waals surface area contributed by atoms with Crippen LogP contribution in [0.2, 0.25) is 0 Å². The number of nitrogens with zero attached hydrogens (tertiary/aromatic N) is 3. The molecule has 4 amide bonds. The summed E-state index contributed by atoms with van der Waals surface area (Å²) in [5.74, 6) is -4.81. The lowest BCUT2D eigenvalue weighted by atomic mass is 9.97. The van der Waals surface area contributed by atoms with Crippen LogP contribution in [0.1, 0.15) is 38.5 Å². The van der Waals surface area contributed by atoms with Crippen LogP contribution in [0.5, 0.6) is 0 Å². The Morgan fingerprint density at radius 2 is 0.691 bits per heavy atom. The molecule has 7 aliphatic rings. The van der Waals surface area contributed by atoms with E-state index in [1.54, 1.807) is 9.80 Å². The van der Waals surface area contributed by atoms with E-state index in [1.165, 1.54) is 4.90 Å². The van der Waals surface area contributed by atoms with Crippen molar-refractivity contribution in [2.45, 2.75) is 240 Å². The number of aliphatic carboxylic acids is 1. The number of hydrogen-bond acceptors (Lipinski definition) is 50. The van der Waals surface area contributed by atoms with E-state index in [4.69, 9.17) is 76.8 Å². The number of hydrogen-bond donors (Lipinski definition) is 29. The van der Waals surface area contributed by atoms with E-state index in [1.807, 2.05) is 0 Å². The average molecular weight is 1800 g/mol. The van der Waals surface area contributed by atoms with Crippen molar-refractivity contribution in [2.24, 2.45) is 11.7 Å². The second kappa shape index (κ2) is 51.4. The molecule has 7 rings (SSSR count). The molecule has 0 aromatic carbocycles. The normalized spacial score (nSPS) is 37.4. The number of carboxylic acids is 1. The lowest BCUT2D eigenvalue weighted by molar-refractivity contribution is -0.324. The van der Waals surface area contributed by atoms with E-state index in [0.29, 0.717) is 6.54 Å². The van der Waals surface area contributed by atoms with E-state index in [2.05, 4.69) is 16.0 Å². The first-order chi connectivity index (χ1) is 58.4. The molecule has 7 aliphatic heterocycles. The second-order valence-corrected chi connectivity index (χ2v) is 30.1. The topological polar surface area (TPSA) is 853 Å². The van der Waals surface area contributed by atoms with Gasteiger partial charge in [-0.15, -0.1) is 0 Å². The standard InChI is InChI=1S/C50H88N2O38.C18H29N5O10/c53-5-17-25(61)31(67)37(73)43(85-17)79-11-49(12-80-44-38(74)32(68)26(62)18(6-54)86-44,13-81-45-39(75)33(69)27(63)19(7-55)87-45)51-23(59)3-1-2-4-24(60)52-50(14-82-46-40(76)34(70)28(64)20(8-56)88-46,15-83-47-41(77)35(71)29(65)21(9-57)89-47)16-84-48-42(78)36(72)30(66)22(10-58)90-48;19-15(27)5-20-16(28)2-1-14-6-21(8-31-11-24)3-4-22(9-32-12-25)18(14)23(7-17(29)30)10-33-13-26/h17-22,25-48,53-58,61-78H,1-16H2,(H,51,59)(H,52,60);11-14,18H,1-10H2,(H2,19,27)(H,20,28)(H,29,30). The van der Waals surface area contributed by atoms with E-state index in [-0.39, 0.29) is 84.9 Å². The zero-order valence-corrected chi connectivity index (χ0v) is 66.1. The van der Waals surface area contributed by atoms with Crippen LogP contribution >= 0.6 is 0 Å². The van der Waals surface area contributed by atoms with Crippen molar-refractivity contribution in [1.82, 2.24) is 30.7 Å². The van der Waals surface area contributed by atoms with E-state index < -0.39 is 336 Å². The van der Waals surface area contributed by atoms with Crippen LogP contribution in [-0.2, 0) is 109 Å². The molecule has 7 fully saturated rings. The number of unbranched alkanes of at least 4 members (excludes halogenated alkanes) is 1. The highest BCUT2D eigenvalue weighted by molar-refractivity contribution is 5.83. The van der Waals surface area contributed by atoms with Crippen molar-refractivity contribution in [3.63, 3.8) is 0 Å². The SMILES string of the molecule is NC(=O)CNC(=O)CCC1CN(COC=O)CCN(COC=O)C1N(COC=O)CC(=O)O.O=C(CCCCC(=O)NC(COC1OC(CO)C(O)C(O)C1O)(COC1OC(CO)C(O)C(O)C1O)COC1OC(CO)C(O)C(O)C1O)NC(COC1OC(CO)C(O)C(O)C1O)(COC1OC(CO)C(O)C(O)C1O)COC1OC(CO)C(O)C(O)C1O. The Labute approximate surface area is 698 Å². The minimum absolute atomic E-state index is 0.0331. The van der Waals surface area contributed by atoms with Crippen molar-refractivity contribution in [2.75, 3.05) is 132 Å². The highest BCUT2D eigenvalue weighted by Crippen LogP contribution is 2.33. The molecule has 0 radical (unpaired) electrons. The monoisotopic (exact) mass is 1800 g/mol. The maximum absolute atomic E-state index is 14.3. The molecule has 0 bridgehead atoms. The van der Waals surface area contributed by atoms with Gasteiger partial charge in [-0.3, -0.25) is 48.2 Å². The van der Waals surface area contributed by atoms with Gasteiger partial charge in [-0.1, -0.05) is 0 Å². The van der Waals surface area contributed by atoms with E-state index in [0.717, 1.165) is 0 Å². The minimum atomic E-state index is -2.31. The van der Waals surface area contributed by atoms with Crippen LogP contribution < -0.4 is 21.7 Å². The fourth-order valence-corrected chi connectivity index (χ4v) is 14.0. The van der Waals surface area contributed by atoms with Gasteiger partial charge in [-0.25, -0.2) is 4.90 Å². The summed E-state index contributed by atoms with van der Waals surface area (Å²) >= 11 is 0. The van der Waals surface area contributed by atoms with Gasteiger partial charge < -0.3 is 220 Å². The highest BCUT2D eigenvalue weighted by Gasteiger charge is 2.54. The van der Waals surface area contributed by atoms with Gasteiger partial charge in [0.2, 0.25) is 23.6 Å². The molecule has 7 saturated heterocycles. The number of ether oxygens (including phenoxy) is 15. The fraction of sp³-hybridized carbons (Fsp3) is 0.882. The summed E-state index contributed by atoms with van der Waals surface area (Å²) in [6.07, 6.45) is -59.5. The maximum atomic E-state index is 14.3. The minimum Gasteiger partial charge on any atom is -0.480 e. The van der Waals surface area contributed by atoms with Gasteiger partial charge in [0.1, 0.15) is 184 Å². The zero-order valence-electron chi connectivity index (χ0n) is 66.1. The van der Waals surface area contributed by atoms with Crippen LogP contribution in [0.3, 0.4) is 0 Å². The number of rotatable bonds is 48. The van der Waals surface area contributed by atoms with Crippen molar-refractivity contribution >= 4 is 49.0 Å². The number of carbonyl (C=O) groups is 8. The van der Waals surface area contributed by atoms with Crippen molar-refractivity contribution < 1.29 is 237 Å². The number of aliphatic hydroxyl groups excluding tert-OH is 24. The third kappa shape index (κ3) is 29.6. The van der Waals surface area contributed by atoms with Gasteiger partial charge in [0.25, 0.3) is 19.4 Å². The first kappa shape index (κ1) is 106. The summed E-state index contributed by atoms with van der Waals surface area (Å²) < 4.78 is 82.3. The summed E-state index contributed by atoms with van der Waals surface area (Å²) in [5.41, 5.74) is 0.404. The number of nitrogens with two attached hydrogens (primary N) is 1. The van der Waals surface area contributed by atoms with Crippen molar-refractivity contribution in [1.29, 1.82) is 0 Å². The van der Waals surface area contributed by atoms with Crippen molar-refractivity contribution in [3.8, 4) is 0 Å². The summed E-state index contributed by atoms with van der Waals surface area (Å²) in [7, 11) is 0. The maximum Gasteiger partial charge on any atom is 0.317 e. The summed E-state index contributed by atoms with van der Waals surface area (Å²) in [6.45, 7) is -11.5. The van der Waals surface area contributed by atoms with E-state index in [9.17, 15) is 166 Å². The van der Waals surface area contributed by atoms with Crippen LogP contribution in [0.4, 0.5) is 0 Å². The molecule has 0 saturated carbocycles. The Hall–Kier alpha value is -5.80. The molecular weight excluding hydrogens is 1680 g/mol. The Kier molecular flexibility index (Phi) is 44.3. The number of aliphatic hydroxyl groups is 24. The Bertz CT molecular complexity index is 2830. The molecule has 0 aliphatic carbocycles. The lowest BCUT2D eigenvalue weighted by Crippen LogP contribution is -2.65. The third-order valence-electron chi connectivity index (χ3n) is 20.9. The third-order valence-corrected chi connectivity index (χ3v) is 20.9. The van der Waals surface area contributed by atoms with Gasteiger partial charge in [0.05, 0.1) is 92.0 Å². The number of carbonyl (C=O) groups excluding carboxylic acids is 7. The van der Waals surface area contributed by atoms with Gasteiger partial charge in [-0.2, -0.15) is 0 Å². The molecule has 0 aromatic rings. The summed E-state index contributed by atoms with van der Waals surface area (Å²) in [6, 6.07) is 0. The number of primary amides is 1. The van der Waals surface area contributed by atoms with Crippen LogP contribution in [0, 0.1) is 5.92 Å². The molecule has 712 valence electrons. The van der Waals surface area contributed by atoms with E-state index >= 15 is 0 Å². The Balaban J connectivity index is 0.000000593. The van der Waals surface area contributed by atoms with Gasteiger partial charge in [-0.05, 0) is 19.3 Å². The van der Waals surface area contributed by atoms with Crippen LogP contribution in [0.25, 0.3) is 0 Å². The largest absolute Gasteiger partial charge is 0.480 e. The lowest BCUT2D eigenvalue weighted by Gasteiger charge is -2.44. The predicted molar refractivity (Wildman–Crippen MR) is 386 cm³/mol. The fourth-order valence-electron chi connectivity index (χ4n) is 14.0. The predicted octanol–water partition coefficient (Wildman–Crippen LogP) is -20.1. The molecule has 30 N–H and O–H groups in total. The molecule has 0 aromatic heterocycles. The molecule has 55 heteroatoms. The molecule has 32 unspecified atom stereocenters. The Morgan fingerprint density at radius 1 is 0.398 bits per heavy atom. The average Bonchev–Trinajstić information content (AvgIpc) is 1.35. The zero-order chi connectivity index (χ0) is 91.3. The van der Waals surface area contributed by atoms with Crippen LogP contribution in [0.15, 0.2) is 0 Å². The number of nitrogens with one attached hydrogen (secondary N) is 3. The quantitative estimate of drug-likeness (QED) is 0.0116. The number of carboxylic acid groups (broad SMARTS) is 1. The van der Waals surface area contributed by atoms with Crippen LogP contribution in [-0.4, -0.2) is 525 Å². The molecule has 0 spiro atoms. The van der Waals surface area contributed by atoms with Gasteiger partial charge in [0, 0.05) is 44.8 Å². The summed E-state index contributed by atoms with van der Waals surface area (Å²) in [4.78, 5) is 100. The first-order valence-electron chi connectivity index (χ1n) is 38.7. The molecule has 55 nitrogen and oxygen atoms in total. The van der Waals surface area contributed by atoms with Gasteiger partial charge in [0.15, 0.2) is 37.7 Å². The molecule has 123 heavy (non-hydrogen) atoms. The van der Waals surface area contributed by atoms with Gasteiger partial charge >= 0.3 is 5.97 Å². The molecule has 32 atom stereocenters. The highest BCUT2D eigenvalue weighted by atomic mass is 16.8. The molecular formula is C68H117N7O48. The first-order valence-corrected chi connectivity index (χ1v) is 38.7. The summed E-state index contributed by atoms with van der Waals surface area (Å²) in [5, 5.41) is 268. The smallest absolute Gasteiger partial charge is 0.317 e. The number of amides is 4.